The van der Waals surface area contributed by atoms with Crippen molar-refractivity contribution in [3.8, 4) is 0 Å². The molecule has 2 nitrogen and oxygen atoms in total. The lowest BCUT2D eigenvalue weighted by molar-refractivity contribution is 0.225. The van der Waals surface area contributed by atoms with E-state index in [1.54, 1.807) is 0 Å². The molecule has 0 aliphatic carbocycles. The summed E-state index contributed by atoms with van der Waals surface area (Å²) in [5, 5.41) is 0. The predicted octanol–water partition coefficient (Wildman–Crippen LogP) is 7.07. The summed E-state index contributed by atoms with van der Waals surface area (Å²) in [7, 11) is -2.27. The number of hydrogen-bond acceptors (Lipinski definition) is 2. The standard InChI is InChI=1S/C12H28Br6N2Si3/c1-9(2)19(10(3)4)23(21(13,14)15,22(16,17)18)20(11(5)6)12(7)8/h9-12H,1-8H3. The second kappa shape index (κ2) is 9.78. The lowest BCUT2D eigenvalue weighted by Crippen LogP contribution is -2.86. The normalized spacial score (nSPS) is 15.1. The van der Waals surface area contributed by atoms with Gasteiger partial charge in [0, 0.05) is 0 Å². The smallest absolute Gasteiger partial charge is 0.288 e. The average Bonchev–Trinajstić information content (AvgIpc) is 2.21. The van der Waals surface area contributed by atoms with Crippen molar-refractivity contribution in [2.75, 3.05) is 0 Å². The van der Waals surface area contributed by atoms with Gasteiger partial charge in [0.25, 0.3) is 14.3 Å². The first-order valence-electron chi connectivity index (χ1n) is 7.73. The van der Waals surface area contributed by atoms with Crippen molar-refractivity contribution >= 4 is 106 Å². The highest BCUT2D eigenvalue weighted by Crippen LogP contribution is 2.54. The number of hydrogen-bond donors (Lipinski definition) is 0. The second-order valence-electron chi connectivity index (χ2n) is 6.86. The Kier molecular flexibility index (Phi) is 11.2. The quantitative estimate of drug-likeness (QED) is 0.193. The maximum absolute atomic E-state index is 4.11. The third kappa shape index (κ3) is 5.72. The van der Waals surface area contributed by atoms with Gasteiger partial charge in [-0.15, -0.1) is 0 Å². The zero-order chi connectivity index (χ0) is 19.0. The van der Waals surface area contributed by atoms with Crippen LogP contribution < -0.4 is 0 Å². The van der Waals surface area contributed by atoms with Gasteiger partial charge in [0.2, 0.25) is 0 Å². The van der Waals surface area contributed by atoms with Gasteiger partial charge in [0.05, 0.1) is 0 Å². The Balaban J connectivity index is 6.91. The molecule has 0 rings (SSSR count). The van der Waals surface area contributed by atoms with Crippen LogP contribution in [0.15, 0.2) is 0 Å². The minimum atomic E-state index is -2.27. The van der Waals surface area contributed by atoms with Crippen LogP contribution >= 0.6 is 91.8 Å². The van der Waals surface area contributed by atoms with Crippen molar-refractivity contribution in [1.29, 1.82) is 0 Å². The Morgan fingerprint density at radius 2 is 0.652 bits per heavy atom. The molecule has 0 aromatic heterocycles. The largest absolute Gasteiger partial charge is 0.308 e. The van der Waals surface area contributed by atoms with E-state index in [4.69, 9.17) is 0 Å². The number of halogens is 6. The summed E-state index contributed by atoms with van der Waals surface area (Å²) >= 11 is 24.6. The molecule has 140 valence electrons. The molecule has 0 aromatic carbocycles. The van der Waals surface area contributed by atoms with E-state index in [0.717, 1.165) is 0 Å². The molecular weight excluding hydrogens is 736 g/mol. The van der Waals surface area contributed by atoms with Crippen LogP contribution in [0.5, 0.6) is 0 Å². The minimum Gasteiger partial charge on any atom is -0.308 e. The van der Waals surface area contributed by atoms with E-state index in [9.17, 15) is 0 Å². The Morgan fingerprint density at radius 3 is 0.739 bits per heavy atom. The molecule has 23 heavy (non-hydrogen) atoms. The molecule has 0 unspecified atom stereocenters. The summed E-state index contributed by atoms with van der Waals surface area (Å²) in [5.41, 5.74) is 0. The van der Waals surface area contributed by atoms with Crippen LogP contribution in [0.1, 0.15) is 55.4 Å². The average molecular weight is 764 g/mol. The third-order valence-corrected chi connectivity index (χ3v) is 73.1. The lowest BCUT2D eigenvalue weighted by Gasteiger charge is -2.60. The molecule has 0 saturated carbocycles. The van der Waals surface area contributed by atoms with Crippen molar-refractivity contribution < 1.29 is 0 Å². The third-order valence-electron chi connectivity index (χ3n) is 3.76. The molecule has 0 aliphatic rings. The Hall–Kier alpha value is 3.45. The van der Waals surface area contributed by atoms with E-state index >= 15 is 0 Å². The van der Waals surface area contributed by atoms with E-state index in [-0.39, 0.29) is 0 Å². The maximum atomic E-state index is 4.11. The minimum absolute atomic E-state index is 0.445. The highest BCUT2D eigenvalue weighted by molar-refractivity contribution is 9.79. The van der Waals surface area contributed by atoms with Gasteiger partial charge in [0.1, 0.15) is 0 Å². The summed E-state index contributed by atoms with van der Waals surface area (Å²) in [4.78, 5) is 0. The number of nitrogens with zero attached hydrogens (tertiary/aromatic N) is 2. The fourth-order valence-corrected chi connectivity index (χ4v) is 157. The van der Waals surface area contributed by atoms with Gasteiger partial charge < -0.3 is 9.13 Å². The van der Waals surface area contributed by atoms with Crippen LogP contribution in [0.4, 0.5) is 0 Å². The van der Waals surface area contributed by atoms with E-state index in [1.165, 1.54) is 0 Å². The molecule has 0 spiro atoms. The summed E-state index contributed by atoms with van der Waals surface area (Å²) in [5.74, 6) is 0. The zero-order valence-electron chi connectivity index (χ0n) is 15.0. The van der Waals surface area contributed by atoms with E-state index in [0.29, 0.717) is 24.2 Å². The van der Waals surface area contributed by atoms with E-state index in [2.05, 4.69) is 156 Å². The van der Waals surface area contributed by atoms with Crippen LogP contribution in [-0.2, 0) is 0 Å². The molecule has 11 heteroatoms. The molecule has 0 saturated heterocycles. The molecule has 0 atom stereocenters. The highest BCUT2D eigenvalue weighted by atomic mass is 80.0. The number of rotatable bonds is 8. The maximum Gasteiger partial charge on any atom is 0.288 e. The molecule has 0 fully saturated rings. The van der Waals surface area contributed by atoms with Crippen molar-refractivity contribution in [2.45, 2.75) is 79.6 Å². The van der Waals surface area contributed by atoms with Crippen LogP contribution in [0.2, 0.25) is 0 Å². The fraction of sp³-hybridized carbons (Fsp3) is 1.00. The van der Waals surface area contributed by atoms with Gasteiger partial charge in [-0.05, 0) is 24.2 Å². The van der Waals surface area contributed by atoms with E-state index in [1.807, 2.05) is 0 Å². The van der Waals surface area contributed by atoms with Gasteiger partial charge in [-0.1, -0.05) is 147 Å². The molecule has 0 aliphatic heterocycles. The van der Waals surface area contributed by atoms with Gasteiger partial charge in [-0.2, -0.15) is 0 Å². The Labute approximate surface area is 192 Å². The topological polar surface area (TPSA) is 6.48 Å². The zero-order valence-corrected chi connectivity index (χ0v) is 27.5. The fourth-order valence-electron chi connectivity index (χ4n) is 3.57. The summed E-state index contributed by atoms with van der Waals surface area (Å²) < 4.78 is 1.30. The second-order valence-corrected chi connectivity index (χ2v) is 75.2. The Morgan fingerprint density at radius 1 is 0.478 bits per heavy atom. The highest BCUT2D eigenvalue weighted by Gasteiger charge is 2.73. The van der Waals surface area contributed by atoms with Gasteiger partial charge >= 0.3 is 0 Å². The van der Waals surface area contributed by atoms with Crippen molar-refractivity contribution in [1.82, 2.24) is 9.13 Å². The lowest BCUT2D eigenvalue weighted by atomic mass is 10.3. The monoisotopic (exact) mass is 758 g/mol. The van der Waals surface area contributed by atoms with Crippen LogP contribution in [0.3, 0.4) is 0 Å². The molecule has 0 radical (unpaired) electrons. The summed E-state index contributed by atoms with van der Waals surface area (Å²) in [6.07, 6.45) is 0. The van der Waals surface area contributed by atoms with Crippen molar-refractivity contribution in [3.05, 3.63) is 0 Å². The van der Waals surface area contributed by atoms with Crippen LogP contribution in [0.25, 0.3) is 0 Å². The Bertz CT molecular complexity index is 330. The molecule has 0 bridgehead atoms. The van der Waals surface area contributed by atoms with Crippen LogP contribution in [-0.4, -0.2) is 47.6 Å². The van der Waals surface area contributed by atoms with Crippen LogP contribution in [0, 0.1) is 0 Å². The van der Waals surface area contributed by atoms with Gasteiger partial charge in [-0.25, -0.2) is 0 Å². The molecule has 0 aromatic rings. The van der Waals surface area contributed by atoms with Crippen molar-refractivity contribution in [3.63, 3.8) is 0 Å². The van der Waals surface area contributed by atoms with E-state index < -0.39 is 14.3 Å². The predicted molar refractivity (Wildman–Crippen MR) is 135 cm³/mol. The molecule has 0 N–H and O–H groups in total. The van der Waals surface area contributed by atoms with Crippen molar-refractivity contribution in [2.24, 2.45) is 0 Å². The van der Waals surface area contributed by atoms with Gasteiger partial charge in [0.15, 0.2) is 0 Å². The molecule has 0 heterocycles. The summed E-state index contributed by atoms with van der Waals surface area (Å²) in [6, 6.07) is 1.78. The molecular formula is C12H28Br6N2Si3. The first-order chi connectivity index (χ1) is 10.0. The SMILES string of the molecule is CC(C)N(C(C)C)[Si](N(C(C)C)C(C)C)([Si](Br)(Br)Br)[Si](Br)(Br)Br. The molecule has 0 amide bonds. The first-order valence-corrected chi connectivity index (χ1v) is 29.2. The van der Waals surface area contributed by atoms with Gasteiger partial charge in [-0.3, -0.25) is 0 Å². The first kappa shape index (κ1) is 26.5. The summed E-state index contributed by atoms with van der Waals surface area (Å²) in [6.45, 7) is 18.5.